The van der Waals surface area contributed by atoms with Crippen molar-refractivity contribution in [3.63, 3.8) is 0 Å². The molecule has 0 saturated carbocycles. The van der Waals surface area contributed by atoms with Crippen LogP contribution in [0.1, 0.15) is 12.5 Å². The highest BCUT2D eigenvalue weighted by Crippen LogP contribution is 2.29. The first-order valence-electron chi connectivity index (χ1n) is 9.06. The van der Waals surface area contributed by atoms with Crippen LogP contribution in [-0.2, 0) is 10.0 Å². The monoisotopic (exact) mass is 445 g/mol. The zero-order valence-corrected chi connectivity index (χ0v) is 17.9. The molecule has 0 amide bonds. The Labute approximate surface area is 180 Å². The Kier molecular flexibility index (Phi) is 6.28. The molecule has 0 aliphatic rings. The van der Waals surface area contributed by atoms with Crippen LogP contribution in [0.4, 0.5) is 17.1 Å². The van der Waals surface area contributed by atoms with Gasteiger partial charge in [-0.05, 0) is 56.3 Å². The maximum Gasteiger partial charge on any atom is 0.269 e. The molecule has 0 aromatic heterocycles. The number of nitrogens with zero attached hydrogens (tertiary/aromatic N) is 2. The van der Waals surface area contributed by atoms with Gasteiger partial charge in [0.15, 0.2) is 0 Å². The molecule has 0 aliphatic carbocycles. The third-order valence-electron chi connectivity index (χ3n) is 4.44. The predicted octanol–water partition coefficient (Wildman–Crippen LogP) is 5.21. The third kappa shape index (κ3) is 4.72. The van der Waals surface area contributed by atoms with Crippen LogP contribution in [0.3, 0.4) is 0 Å². The highest BCUT2D eigenvalue weighted by molar-refractivity contribution is 7.92. The van der Waals surface area contributed by atoms with E-state index >= 15 is 0 Å². The van der Waals surface area contributed by atoms with Gasteiger partial charge in [0, 0.05) is 22.8 Å². The maximum atomic E-state index is 13.5. The van der Waals surface area contributed by atoms with Gasteiger partial charge in [-0.2, -0.15) is 0 Å². The Morgan fingerprint density at radius 3 is 2.23 bits per heavy atom. The van der Waals surface area contributed by atoms with Crippen LogP contribution in [0.15, 0.2) is 77.7 Å². The molecule has 0 saturated heterocycles. The fraction of sp³-hybridized carbons (Fsp3) is 0.143. The summed E-state index contributed by atoms with van der Waals surface area (Å²) in [5.74, 6) is 0. The number of sulfonamides is 1. The number of rotatable bonds is 7. The summed E-state index contributed by atoms with van der Waals surface area (Å²) >= 11 is 6.04. The molecule has 156 valence electrons. The van der Waals surface area contributed by atoms with Crippen LogP contribution in [-0.4, -0.2) is 19.5 Å². The summed E-state index contributed by atoms with van der Waals surface area (Å²) in [7, 11) is -3.97. The van der Waals surface area contributed by atoms with Gasteiger partial charge in [-0.15, -0.1) is 0 Å². The topological polar surface area (TPSA) is 92.5 Å². The zero-order valence-electron chi connectivity index (χ0n) is 16.3. The number of hydrogen-bond donors (Lipinski definition) is 1. The molecule has 0 spiro atoms. The quantitative estimate of drug-likeness (QED) is 0.306. The lowest BCUT2D eigenvalue weighted by molar-refractivity contribution is -0.384. The largest absolute Gasteiger partial charge is 0.365 e. The Morgan fingerprint density at radius 1 is 1.03 bits per heavy atom. The molecule has 0 aliphatic heterocycles. The van der Waals surface area contributed by atoms with E-state index in [-0.39, 0.29) is 10.6 Å². The fourth-order valence-corrected chi connectivity index (χ4v) is 4.76. The molecule has 0 bridgehead atoms. The lowest BCUT2D eigenvalue weighted by atomic mass is 10.2. The van der Waals surface area contributed by atoms with Crippen LogP contribution in [0.25, 0.3) is 0 Å². The molecule has 1 N–H and O–H groups in total. The second kappa shape index (κ2) is 8.73. The molecule has 7 nitrogen and oxygen atoms in total. The Bertz CT molecular complexity index is 1150. The summed E-state index contributed by atoms with van der Waals surface area (Å²) in [4.78, 5) is 10.6. The van der Waals surface area contributed by atoms with Crippen molar-refractivity contribution in [3.8, 4) is 0 Å². The molecule has 0 radical (unpaired) electrons. The van der Waals surface area contributed by atoms with Crippen LogP contribution in [0.2, 0.25) is 5.02 Å². The van der Waals surface area contributed by atoms with E-state index in [0.29, 0.717) is 16.4 Å². The highest BCUT2D eigenvalue weighted by Gasteiger charge is 2.30. The van der Waals surface area contributed by atoms with Crippen molar-refractivity contribution in [1.82, 2.24) is 0 Å². The summed E-state index contributed by atoms with van der Waals surface area (Å²) < 4.78 is 28.2. The number of anilines is 2. The van der Waals surface area contributed by atoms with Crippen molar-refractivity contribution >= 4 is 38.7 Å². The van der Waals surface area contributed by atoms with Gasteiger partial charge in [-0.3, -0.25) is 10.1 Å². The summed E-state index contributed by atoms with van der Waals surface area (Å²) in [5, 5.41) is 14.6. The molecule has 0 fully saturated rings. The van der Waals surface area contributed by atoms with Gasteiger partial charge in [-0.25, -0.2) is 12.7 Å². The Morgan fingerprint density at radius 2 is 1.67 bits per heavy atom. The van der Waals surface area contributed by atoms with E-state index in [1.54, 1.807) is 43.3 Å². The zero-order chi connectivity index (χ0) is 21.9. The maximum absolute atomic E-state index is 13.5. The number of nitro benzene ring substituents is 1. The van der Waals surface area contributed by atoms with Crippen molar-refractivity contribution in [2.24, 2.45) is 0 Å². The standard InChI is InChI=1S/C21H20ClN3O4S/c1-15-6-12-21(13-7-15)30(28,29)24(19-8-10-20(11-9-19)25(26)27)16(2)23-18-5-3-4-17(22)14-18/h3-14,16,23H,1-2H3. The lowest BCUT2D eigenvalue weighted by Gasteiger charge is -2.31. The van der Waals surface area contributed by atoms with E-state index in [1.807, 2.05) is 6.92 Å². The molecule has 3 rings (SSSR count). The summed E-state index contributed by atoms with van der Waals surface area (Å²) in [6.45, 7) is 3.56. The summed E-state index contributed by atoms with van der Waals surface area (Å²) in [6, 6.07) is 18.8. The molecule has 3 aromatic carbocycles. The number of halogens is 1. The van der Waals surface area contributed by atoms with Gasteiger partial charge in [-0.1, -0.05) is 35.4 Å². The van der Waals surface area contributed by atoms with Crippen LogP contribution < -0.4 is 9.62 Å². The molecule has 9 heteroatoms. The van der Waals surface area contributed by atoms with Gasteiger partial charge in [0.2, 0.25) is 0 Å². The van der Waals surface area contributed by atoms with Gasteiger partial charge in [0.1, 0.15) is 6.17 Å². The summed E-state index contributed by atoms with van der Waals surface area (Å²) in [5.41, 5.74) is 1.74. The van der Waals surface area contributed by atoms with Gasteiger partial charge < -0.3 is 5.32 Å². The number of nitrogens with one attached hydrogen (secondary N) is 1. The second-order valence-corrected chi connectivity index (χ2v) is 8.97. The number of aryl methyl sites for hydroxylation is 1. The summed E-state index contributed by atoms with van der Waals surface area (Å²) in [6.07, 6.45) is -0.712. The van der Waals surface area contributed by atoms with Gasteiger partial charge >= 0.3 is 0 Å². The SMILES string of the molecule is Cc1ccc(S(=O)(=O)N(c2ccc([N+](=O)[O-])cc2)C(C)Nc2cccc(Cl)c2)cc1. The van der Waals surface area contributed by atoms with Crippen molar-refractivity contribution in [1.29, 1.82) is 0 Å². The predicted molar refractivity (Wildman–Crippen MR) is 118 cm³/mol. The van der Waals surface area contributed by atoms with Crippen LogP contribution >= 0.6 is 11.6 Å². The minimum absolute atomic E-state index is 0.117. The highest BCUT2D eigenvalue weighted by atomic mass is 35.5. The average Bonchev–Trinajstić information content (AvgIpc) is 2.68. The Balaban J connectivity index is 2.05. The number of nitro groups is 1. The minimum Gasteiger partial charge on any atom is -0.365 e. The number of benzene rings is 3. The molecule has 0 heterocycles. The molecular weight excluding hydrogens is 426 g/mol. The minimum atomic E-state index is -3.97. The van der Waals surface area contributed by atoms with Gasteiger partial charge in [0.25, 0.3) is 15.7 Å². The molecule has 3 aromatic rings. The third-order valence-corrected chi connectivity index (χ3v) is 6.59. The first-order valence-corrected chi connectivity index (χ1v) is 10.9. The average molecular weight is 446 g/mol. The van der Waals surface area contributed by atoms with E-state index in [2.05, 4.69) is 5.32 Å². The molecule has 1 atom stereocenters. The van der Waals surface area contributed by atoms with E-state index in [0.717, 1.165) is 5.56 Å². The van der Waals surface area contributed by atoms with Crippen molar-refractivity contribution in [2.45, 2.75) is 24.9 Å². The number of hydrogen-bond acceptors (Lipinski definition) is 5. The molecule has 30 heavy (non-hydrogen) atoms. The first kappa shape index (κ1) is 21.6. The normalized spacial score (nSPS) is 12.2. The number of non-ortho nitro benzene ring substituents is 1. The molecular formula is C21H20ClN3O4S. The smallest absolute Gasteiger partial charge is 0.269 e. The molecule has 1 unspecified atom stereocenters. The van der Waals surface area contributed by atoms with E-state index < -0.39 is 21.1 Å². The first-order chi connectivity index (χ1) is 14.2. The van der Waals surface area contributed by atoms with Gasteiger partial charge in [0.05, 0.1) is 15.5 Å². The van der Waals surface area contributed by atoms with Crippen molar-refractivity contribution < 1.29 is 13.3 Å². The van der Waals surface area contributed by atoms with E-state index in [4.69, 9.17) is 11.6 Å². The lowest BCUT2D eigenvalue weighted by Crippen LogP contribution is -2.43. The fourth-order valence-electron chi connectivity index (χ4n) is 2.99. The van der Waals surface area contributed by atoms with E-state index in [1.165, 1.54) is 40.7 Å². The Hall–Kier alpha value is -3.10. The van der Waals surface area contributed by atoms with Crippen molar-refractivity contribution in [2.75, 3.05) is 9.62 Å². The second-order valence-electron chi connectivity index (χ2n) is 6.72. The van der Waals surface area contributed by atoms with Crippen LogP contribution in [0, 0.1) is 17.0 Å². The van der Waals surface area contributed by atoms with Crippen molar-refractivity contribution in [3.05, 3.63) is 93.5 Å². The van der Waals surface area contributed by atoms with Crippen LogP contribution in [0.5, 0.6) is 0 Å². The van der Waals surface area contributed by atoms with E-state index in [9.17, 15) is 18.5 Å².